The van der Waals surface area contributed by atoms with Crippen LogP contribution >= 0.6 is 0 Å². The summed E-state index contributed by atoms with van der Waals surface area (Å²) in [4.78, 5) is 14.7. The van der Waals surface area contributed by atoms with Gasteiger partial charge in [0.05, 0.1) is 17.9 Å². The SMILES string of the molecule is N#Cc1ccc(N=[N+]=[N-])c(C(=O)c2ccco2)c1. The van der Waals surface area contributed by atoms with Crippen molar-refractivity contribution in [1.29, 1.82) is 5.26 Å². The highest BCUT2D eigenvalue weighted by Crippen LogP contribution is 2.24. The van der Waals surface area contributed by atoms with E-state index in [0.717, 1.165) is 0 Å². The van der Waals surface area contributed by atoms with Crippen molar-refractivity contribution < 1.29 is 9.21 Å². The monoisotopic (exact) mass is 238 g/mol. The fourth-order valence-electron chi connectivity index (χ4n) is 1.46. The second-order valence-electron chi connectivity index (χ2n) is 3.34. The van der Waals surface area contributed by atoms with Gasteiger partial charge < -0.3 is 4.42 Å². The van der Waals surface area contributed by atoms with E-state index in [-0.39, 0.29) is 17.0 Å². The average Bonchev–Trinajstić information content (AvgIpc) is 2.92. The maximum atomic E-state index is 12.1. The zero-order valence-electron chi connectivity index (χ0n) is 9.07. The van der Waals surface area contributed by atoms with Gasteiger partial charge >= 0.3 is 0 Å². The van der Waals surface area contributed by atoms with E-state index in [9.17, 15) is 4.79 Å². The van der Waals surface area contributed by atoms with Crippen LogP contribution in [0.5, 0.6) is 0 Å². The maximum Gasteiger partial charge on any atom is 0.228 e. The molecule has 0 aliphatic heterocycles. The first-order valence-electron chi connectivity index (χ1n) is 4.93. The highest BCUT2D eigenvalue weighted by molar-refractivity contribution is 6.10. The Morgan fingerprint density at radius 3 is 2.89 bits per heavy atom. The van der Waals surface area contributed by atoms with Gasteiger partial charge in [-0.15, -0.1) is 0 Å². The van der Waals surface area contributed by atoms with Crippen LogP contribution in [0.2, 0.25) is 0 Å². The normalized spacial score (nSPS) is 9.28. The number of rotatable bonds is 3. The lowest BCUT2D eigenvalue weighted by Gasteiger charge is -2.02. The minimum Gasteiger partial charge on any atom is -0.461 e. The molecular weight excluding hydrogens is 232 g/mol. The second kappa shape index (κ2) is 4.87. The number of azide groups is 1. The number of carbonyl (C=O) groups is 1. The van der Waals surface area contributed by atoms with Gasteiger partial charge in [0.15, 0.2) is 5.76 Å². The van der Waals surface area contributed by atoms with Crippen LogP contribution in [0.4, 0.5) is 5.69 Å². The third-order valence-electron chi connectivity index (χ3n) is 2.27. The van der Waals surface area contributed by atoms with Gasteiger partial charge in [-0.3, -0.25) is 4.79 Å². The molecule has 86 valence electrons. The molecule has 0 amide bonds. The summed E-state index contributed by atoms with van der Waals surface area (Å²) in [6.07, 6.45) is 1.37. The molecule has 0 fully saturated rings. The lowest BCUT2D eigenvalue weighted by Crippen LogP contribution is -2.00. The van der Waals surface area contributed by atoms with Crippen LogP contribution in [0.15, 0.2) is 46.1 Å². The number of furan rings is 1. The zero-order chi connectivity index (χ0) is 13.0. The van der Waals surface area contributed by atoms with E-state index in [2.05, 4.69) is 10.0 Å². The number of ketones is 1. The molecule has 6 heteroatoms. The molecule has 0 saturated carbocycles. The van der Waals surface area contributed by atoms with Crippen molar-refractivity contribution in [3.05, 3.63) is 63.9 Å². The van der Waals surface area contributed by atoms with Crippen LogP contribution in [-0.2, 0) is 0 Å². The van der Waals surface area contributed by atoms with Crippen LogP contribution in [-0.4, -0.2) is 5.78 Å². The predicted molar refractivity (Wildman–Crippen MR) is 62.1 cm³/mol. The van der Waals surface area contributed by atoms with Crippen molar-refractivity contribution in [2.24, 2.45) is 5.11 Å². The number of nitriles is 1. The molecule has 0 aliphatic carbocycles. The molecule has 1 aromatic carbocycles. The molecular formula is C12H6N4O2. The molecule has 0 spiro atoms. The van der Waals surface area contributed by atoms with Crippen molar-refractivity contribution in [2.75, 3.05) is 0 Å². The van der Waals surface area contributed by atoms with Gasteiger partial charge in [0.1, 0.15) is 0 Å². The van der Waals surface area contributed by atoms with Gasteiger partial charge in [0.25, 0.3) is 0 Å². The second-order valence-corrected chi connectivity index (χ2v) is 3.34. The molecule has 2 rings (SSSR count). The molecule has 0 saturated heterocycles. The molecule has 0 aliphatic rings. The Bertz CT molecular complexity index is 677. The van der Waals surface area contributed by atoms with Crippen LogP contribution in [0.25, 0.3) is 10.4 Å². The number of carbonyl (C=O) groups excluding carboxylic acids is 1. The Morgan fingerprint density at radius 2 is 2.28 bits per heavy atom. The van der Waals surface area contributed by atoms with Gasteiger partial charge in [-0.2, -0.15) is 5.26 Å². The lowest BCUT2D eigenvalue weighted by atomic mass is 10.0. The Morgan fingerprint density at radius 1 is 1.44 bits per heavy atom. The molecule has 0 bridgehead atoms. The number of hydrogen-bond acceptors (Lipinski definition) is 4. The molecule has 0 radical (unpaired) electrons. The molecule has 6 nitrogen and oxygen atoms in total. The Kier molecular flexibility index (Phi) is 3.10. The Labute approximate surface area is 102 Å². The first-order valence-corrected chi connectivity index (χ1v) is 4.93. The summed E-state index contributed by atoms with van der Waals surface area (Å²) in [6.45, 7) is 0. The summed E-state index contributed by atoms with van der Waals surface area (Å²) < 4.78 is 4.99. The van der Waals surface area contributed by atoms with Crippen molar-refractivity contribution in [2.45, 2.75) is 0 Å². The minimum absolute atomic E-state index is 0.125. The molecule has 0 unspecified atom stereocenters. The van der Waals surface area contributed by atoms with Crippen LogP contribution in [0, 0.1) is 11.3 Å². The molecule has 0 atom stereocenters. The van der Waals surface area contributed by atoms with E-state index in [1.54, 1.807) is 6.07 Å². The van der Waals surface area contributed by atoms with E-state index >= 15 is 0 Å². The van der Waals surface area contributed by atoms with E-state index in [1.165, 1.54) is 30.5 Å². The first kappa shape index (κ1) is 11.5. The Hall–Kier alpha value is -3.03. The van der Waals surface area contributed by atoms with Crippen LogP contribution in [0.1, 0.15) is 21.7 Å². The van der Waals surface area contributed by atoms with E-state index < -0.39 is 5.78 Å². The summed E-state index contributed by atoms with van der Waals surface area (Å²) in [5.74, 6) is -0.307. The smallest absolute Gasteiger partial charge is 0.228 e. The van der Waals surface area contributed by atoms with Gasteiger partial charge in [-0.25, -0.2) is 0 Å². The van der Waals surface area contributed by atoms with Crippen molar-refractivity contribution >= 4 is 11.5 Å². The van der Waals surface area contributed by atoms with E-state index in [0.29, 0.717) is 5.56 Å². The molecule has 1 heterocycles. The van der Waals surface area contributed by atoms with Gasteiger partial charge in [0.2, 0.25) is 5.78 Å². The lowest BCUT2D eigenvalue weighted by molar-refractivity contribution is 0.101. The summed E-state index contributed by atoms with van der Waals surface area (Å²) in [5, 5.41) is 12.2. The summed E-state index contributed by atoms with van der Waals surface area (Å²) in [7, 11) is 0. The van der Waals surface area contributed by atoms with E-state index in [4.69, 9.17) is 15.2 Å². The topological polar surface area (TPSA) is 103 Å². The average molecular weight is 238 g/mol. The number of hydrogen-bond donors (Lipinski definition) is 0. The zero-order valence-corrected chi connectivity index (χ0v) is 9.07. The summed E-state index contributed by atoms with van der Waals surface area (Å²) in [6, 6.07) is 9.27. The van der Waals surface area contributed by atoms with Crippen molar-refractivity contribution in [3.63, 3.8) is 0 Å². The highest BCUT2D eigenvalue weighted by atomic mass is 16.3. The standard InChI is InChI=1S/C12H6N4O2/c13-7-8-3-4-10(15-16-14)9(6-8)12(17)11-2-1-5-18-11/h1-6H. The first-order chi connectivity index (χ1) is 8.76. The van der Waals surface area contributed by atoms with Crippen molar-refractivity contribution in [3.8, 4) is 6.07 Å². The maximum absolute atomic E-state index is 12.1. The predicted octanol–water partition coefficient (Wildman–Crippen LogP) is 3.32. The Balaban J connectivity index is 2.57. The summed E-state index contributed by atoms with van der Waals surface area (Å²) in [5.41, 5.74) is 9.05. The molecule has 2 aromatic rings. The van der Waals surface area contributed by atoms with Crippen LogP contribution < -0.4 is 0 Å². The molecule has 18 heavy (non-hydrogen) atoms. The third kappa shape index (κ3) is 2.07. The third-order valence-corrected chi connectivity index (χ3v) is 2.27. The van der Waals surface area contributed by atoms with Gasteiger partial charge in [0, 0.05) is 16.2 Å². The fourth-order valence-corrected chi connectivity index (χ4v) is 1.46. The van der Waals surface area contributed by atoms with Crippen LogP contribution in [0.3, 0.4) is 0 Å². The number of benzene rings is 1. The largest absolute Gasteiger partial charge is 0.461 e. The van der Waals surface area contributed by atoms with Gasteiger partial charge in [-0.05, 0) is 29.8 Å². The van der Waals surface area contributed by atoms with E-state index in [1.807, 2.05) is 6.07 Å². The molecule has 0 N–H and O–H groups in total. The molecule has 1 aromatic heterocycles. The minimum atomic E-state index is -0.431. The summed E-state index contributed by atoms with van der Waals surface area (Å²) >= 11 is 0. The fraction of sp³-hybridized carbons (Fsp3) is 0. The van der Waals surface area contributed by atoms with Gasteiger partial charge in [-0.1, -0.05) is 11.2 Å². The quantitative estimate of drug-likeness (QED) is 0.354. The van der Waals surface area contributed by atoms with Crippen molar-refractivity contribution in [1.82, 2.24) is 0 Å². The number of nitrogens with zero attached hydrogens (tertiary/aromatic N) is 4. The highest BCUT2D eigenvalue weighted by Gasteiger charge is 2.16.